The quantitative estimate of drug-likeness (QED) is 0.808. The molecule has 6 nitrogen and oxygen atoms in total. The lowest BCUT2D eigenvalue weighted by atomic mass is 10.1. The lowest BCUT2D eigenvalue weighted by Crippen LogP contribution is -2.34. The minimum Gasteiger partial charge on any atom is -0.482 e. The first-order chi connectivity index (χ1) is 11.2. The second kappa shape index (κ2) is 6.83. The van der Waals surface area contributed by atoms with Gasteiger partial charge in [0.15, 0.2) is 6.61 Å². The summed E-state index contributed by atoms with van der Waals surface area (Å²) in [5.74, 6) is 0.456. The van der Waals surface area contributed by atoms with Gasteiger partial charge in [-0.1, -0.05) is 36.4 Å². The maximum Gasteiger partial charge on any atom is 0.315 e. The van der Waals surface area contributed by atoms with Crippen molar-refractivity contribution in [1.82, 2.24) is 10.6 Å². The highest BCUT2D eigenvalue weighted by Crippen LogP contribution is 2.28. The van der Waals surface area contributed by atoms with Crippen LogP contribution in [0.4, 0.5) is 10.5 Å². The highest BCUT2D eigenvalue weighted by molar-refractivity contribution is 5.95. The molecule has 2 aromatic rings. The highest BCUT2D eigenvalue weighted by atomic mass is 16.5. The van der Waals surface area contributed by atoms with Crippen molar-refractivity contribution in [2.45, 2.75) is 13.1 Å². The summed E-state index contributed by atoms with van der Waals surface area (Å²) in [5.41, 5.74) is 2.59. The van der Waals surface area contributed by atoms with Crippen LogP contribution < -0.4 is 20.7 Å². The maximum atomic E-state index is 11.8. The van der Waals surface area contributed by atoms with Crippen LogP contribution >= 0.6 is 0 Å². The zero-order valence-electron chi connectivity index (χ0n) is 12.5. The molecule has 3 N–H and O–H groups in total. The van der Waals surface area contributed by atoms with Gasteiger partial charge in [0.1, 0.15) is 5.75 Å². The molecule has 3 amide bonds. The predicted octanol–water partition coefficient (Wildman–Crippen LogP) is 2.02. The number of amides is 3. The fourth-order valence-electron chi connectivity index (χ4n) is 2.25. The number of hydrogen-bond acceptors (Lipinski definition) is 3. The molecule has 0 saturated carbocycles. The fourth-order valence-corrected chi connectivity index (χ4v) is 2.25. The standard InChI is InChI=1S/C17H17N3O3/c21-16-11-23-15-8-13(6-7-14(15)20-16)10-19-17(22)18-9-12-4-2-1-3-5-12/h1-8H,9-11H2,(H,20,21)(H2,18,19,22). The van der Waals surface area contributed by atoms with Crippen molar-refractivity contribution in [1.29, 1.82) is 0 Å². The molecule has 1 heterocycles. The average Bonchev–Trinajstić information content (AvgIpc) is 2.59. The van der Waals surface area contributed by atoms with E-state index in [-0.39, 0.29) is 18.5 Å². The zero-order chi connectivity index (χ0) is 16.1. The minimum atomic E-state index is -0.235. The number of anilines is 1. The van der Waals surface area contributed by atoms with Gasteiger partial charge in [-0.3, -0.25) is 4.79 Å². The smallest absolute Gasteiger partial charge is 0.315 e. The highest BCUT2D eigenvalue weighted by Gasteiger charge is 2.15. The number of benzene rings is 2. The summed E-state index contributed by atoms with van der Waals surface area (Å²) in [7, 11) is 0. The van der Waals surface area contributed by atoms with Crippen LogP contribution in [0.15, 0.2) is 48.5 Å². The molecule has 0 unspecified atom stereocenters. The van der Waals surface area contributed by atoms with Crippen LogP contribution in [-0.4, -0.2) is 18.5 Å². The van der Waals surface area contributed by atoms with E-state index >= 15 is 0 Å². The maximum absolute atomic E-state index is 11.8. The van der Waals surface area contributed by atoms with E-state index in [1.807, 2.05) is 42.5 Å². The summed E-state index contributed by atoms with van der Waals surface area (Å²) in [4.78, 5) is 23.0. The summed E-state index contributed by atoms with van der Waals surface area (Å²) in [6.45, 7) is 0.874. The number of nitrogens with one attached hydrogen (secondary N) is 3. The van der Waals surface area contributed by atoms with Gasteiger partial charge in [0.05, 0.1) is 5.69 Å². The van der Waals surface area contributed by atoms with E-state index in [0.717, 1.165) is 11.1 Å². The lowest BCUT2D eigenvalue weighted by Gasteiger charge is -2.18. The average molecular weight is 311 g/mol. The van der Waals surface area contributed by atoms with Crippen molar-refractivity contribution in [3.63, 3.8) is 0 Å². The first-order valence-electron chi connectivity index (χ1n) is 7.32. The van der Waals surface area contributed by atoms with Crippen LogP contribution in [0, 0.1) is 0 Å². The van der Waals surface area contributed by atoms with Crippen molar-refractivity contribution in [2.75, 3.05) is 11.9 Å². The van der Waals surface area contributed by atoms with Gasteiger partial charge in [0.25, 0.3) is 5.91 Å². The van der Waals surface area contributed by atoms with Crippen LogP contribution in [0.25, 0.3) is 0 Å². The summed E-state index contributed by atoms with van der Waals surface area (Å²) in [6, 6.07) is 14.9. The first-order valence-corrected chi connectivity index (χ1v) is 7.32. The van der Waals surface area contributed by atoms with Crippen molar-refractivity contribution >= 4 is 17.6 Å². The number of carbonyl (C=O) groups is 2. The van der Waals surface area contributed by atoms with Gasteiger partial charge in [-0.15, -0.1) is 0 Å². The predicted molar refractivity (Wildman–Crippen MR) is 86.1 cm³/mol. The van der Waals surface area contributed by atoms with Crippen LogP contribution in [-0.2, 0) is 17.9 Å². The Hall–Kier alpha value is -3.02. The normalized spacial score (nSPS) is 12.6. The summed E-state index contributed by atoms with van der Waals surface area (Å²) in [5, 5.41) is 8.32. The van der Waals surface area contributed by atoms with Gasteiger partial charge >= 0.3 is 6.03 Å². The molecule has 118 valence electrons. The number of rotatable bonds is 4. The van der Waals surface area contributed by atoms with Crippen molar-refractivity contribution in [3.8, 4) is 5.75 Å². The third-order valence-corrected chi connectivity index (χ3v) is 3.43. The molecule has 0 aromatic heterocycles. The van der Waals surface area contributed by atoms with E-state index in [0.29, 0.717) is 24.5 Å². The Balaban J connectivity index is 1.50. The monoisotopic (exact) mass is 311 g/mol. The van der Waals surface area contributed by atoms with Crippen molar-refractivity contribution in [2.24, 2.45) is 0 Å². The van der Waals surface area contributed by atoms with Gasteiger partial charge in [-0.2, -0.15) is 0 Å². The molecular weight excluding hydrogens is 294 g/mol. The first kappa shape index (κ1) is 14.9. The number of urea groups is 1. The van der Waals surface area contributed by atoms with Crippen molar-refractivity contribution < 1.29 is 14.3 Å². The molecule has 0 radical (unpaired) electrons. The third-order valence-electron chi connectivity index (χ3n) is 3.43. The molecule has 0 spiro atoms. The summed E-state index contributed by atoms with van der Waals surface area (Å²) in [6.07, 6.45) is 0. The SMILES string of the molecule is O=C1COc2cc(CNC(=O)NCc3ccccc3)ccc2N1. The van der Waals surface area contributed by atoms with E-state index in [4.69, 9.17) is 4.74 Å². The second-order valence-corrected chi connectivity index (χ2v) is 5.19. The Morgan fingerprint density at radius 1 is 1.04 bits per heavy atom. The summed E-state index contributed by atoms with van der Waals surface area (Å²) >= 11 is 0. The number of carbonyl (C=O) groups excluding carboxylic acids is 2. The minimum absolute atomic E-state index is 0.0153. The molecule has 6 heteroatoms. The van der Waals surface area contributed by atoms with Gasteiger partial charge in [-0.25, -0.2) is 4.79 Å². The number of fused-ring (bicyclic) bond motifs is 1. The Morgan fingerprint density at radius 2 is 1.78 bits per heavy atom. The third kappa shape index (κ3) is 4.00. The molecule has 23 heavy (non-hydrogen) atoms. The second-order valence-electron chi connectivity index (χ2n) is 5.19. The van der Waals surface area contributed by atoms with E-state index in [1.54, 1.807) is 6.07 Å². The fraction of sp³-hybridized carbons (Fsp3) is 0.176. The molecule has 0 fully saturated rings. The van der Waals surface area contributed by atoms with Crippen molar-refractivity contribution in [3.05, 3.63) is 59.7 Å². The van der Waals surface area contributed by atoms with Gasteiger partial charge in [0.2, 0.25) is 0 Å². The lowest BCUT2D eigenvalue weighted by molar-refractivity contribution is -0.118. The summed E-state index contributed by atoms with van der Waals surface area (Å²) < 4.78 is 5.35. The molecule has 0 bridgehead atoms. The van der Waals surface area contributed by atoms with Crippen LogP contribution in [0.2, 0.25) is 0 Å². The van der Waals surface area contributed by atoms with Gasteiger partial charge < -0.3 is 20.7 Å². The van der Waals surface area contributed by atoms with Crippen LogP contribution in [0.5, 0.6) is 5.75 Å². The molecule has 1 aliphatic heterocycles. The molecule has 0 atom stereocenters. The molecule has 1 aliphatic rings. The van der Waals surface area contributed by atoms with E-state index in [1.165, 1.54) is 0 Å². The Bertz CT molecular complexity index is 716. The number of ether oxygens (including phenoxy) is 1. The van der Waals surface area contributed by atoms with Gasteiger partial charge in [0, 0.05) is 13.1 Å². The van der Waals surface area contributed by atoms with Gasteiger partial charge in [-0.05, 0) is 23.3 Å². The molecule has 0 saturated heterocycles. The Labute approximate surface area is 133 Å². The topological polar surface area (TPSA) is 79.5 Å². The molecule has 3 rings (SSSR count). The zero-order valence-corrected chi connectivity index (χ0v) is 12.5. The van der Waals surface area contributed by atoms with E-state index < -0.39 is 0 Å². The molecule has 0 aliphatic carbocycles. The van der Waals surface area contributed by atoms with Crippen LogP contribution in [0.1, 0.15) is 11.1 Å². The van der Waals surface area contributed by atoms with E-state index in [9.17, 15) is 9.59 Å². The van der Waals surface area contributed by atoms with Crippen LogP contribution in [0.3, 0.4) is 0 Å². The number of hydrogen-bond donors (Lipinski definition) is 3. The Morgan fingerprint density at radius 3 is 2.57 bits per heavy atom. The molecule has 2 aromatic carbocycles. The Kier molecular flexibility index (Phi) is 4.42. The molecular formula is C17H17N3O3. The van der Waals surface area contributed by atoms with E-state index in [2.05, 4.69) is 16.0 Å². The largest absolute Gasteiger partial charge is 0.482 e.